The quantitative estimate of drug-likeness (QED) is 0.232. The molecular formula is C23H48NO4+. The predicted molar refractivity (Wildman–Crippen MR) is 118 cm³/mol. The maximum absolute atomic E-state index is 10.3. The van der Waals surface area contributed by atoms with Gasteiger partial charge in [0, 0.05) is 0 Å². The van der Waals surface area contributed by atoms with Crippen molar-refractivity contribution >= 4 is 11.9 Å². The highest BCUT2D eigenvalue weighted by Gasteiger charge is 2.25. The Morgan fingerprint density at radius 3 is 1.11 bits per heavy atom. The molecule has 5 nitrogen and oxygen atoms in total. The van der Waals surface area contributed by atoms with E-state index in [2.05, 4.69) is 27.7 Å². The number of nitrogens with zero attached hydrogens (tertiary/aromatic N) is 1. The molecule has 28 heavy (non-hydrogen) atoms. The van der Waals surface area contributed by atoms with Gasteiger partial charge in [0.15, 0.2) is 5.92 Å². The first kappa shape index (κ1) is 29.1. The summed E-state index contributed by atoms with van der Waals surface area (Å²) in [6.45, 7) is 16.9. The smallest absolute Gasteiger partial charge is 0.317 e. The van der Waals surface area contributed by atoms with E-state index in [1.807, 2.05) is 6.92 Å². The normalized spacial score (nSPS) is 11.2. The molecule has 0 heterocycles. The molecule has 0 aliphatic heterocycles. The molecular weight excluding hydrogens is 354 g/mol. The number of carboxylic acids is 2. The van der Waals surface area contributed by atoms with Crippen molar-refractivity contribution in [1.82, 2.24) is 0 Å². The van der Waals surface area contributed by atoms with Crippen LogP contribution in [0.2, 0.25) is 0 Å². The lowest BCUT2D eigenvalue weighted by molar-refractivity contribution is -0.929. The summed E-state index contributed by atoms with van der Waals surface area (Å²) in [5.74, 6) is -3.72. The van der Waals surface area contributed by atoms with Gasteiger partial charge in [0.05, 0.1) is 26.2 Å². The summed E-state index contributed by atoms with van der Waals surface area (Å²) in [5, 5.41) is 16.8. The minimum atomic E-state index is -1.24. The summed E-state index contributed by atoms with van der Waals surface area (Å²) in [5.41, 5.74) is 0. The Kier molecular flexibility index (Phi) is 20.0. The molecule has 0 aliphatic carbocycles. The monoisotopic (exact) mass is 402 g/mol. The zero-order valence-corrected chi connectivity index (χ0v) is 19.3. The van der Waals surface area contributed by atoms with Gasteiger partial charge in [0.2, 0.25) is 0 Å². The van der Waals surface area contributed by atoms with Crippen molar-refractivity contribution in [3.05, 3.63) is 0 Å². The van der Waals surface area contributed by atoms with Gasteiger partial charge >= 0.3 is 11.9 Å². The molecule has 0 rings (SSSR count). The van der Waals surface area contributed by atoms with Gasteiger partial charge in [-0.15, -0.1) is 0 Å². The van der Waals surface area contributed by atoms with E-state index in [9.17, 15) is 9.59 Å². The second kappa shape index (κ2) is 19.2. The van der Waals surface area contributed by atoms with E-state index in [-0.39, 0.29) is 6.42 Å². The number of hydrogen-bond acceptors (Lipinski definition) is 2. The lowest BCUT2D eigenvalue weighted by atomic mass is 10.0. The van der Waals surface area contributed by atoms with Crippen LogP contribution in [0.5, 0.6) is 0 Å². The first-order valence-corrected chi connectivity index (χ1v) is 11.6. The van der Waals surface area contributed by atoms with Crippen molar-refractivity contribution in [2.24, 2.45) is 5.92 Å². The SMILES string of the molecule is CCCCC(C(=O)O)C(=O)O.CCCC[N+](CCCC)(CCCC)CCCC. The van der Waals surface area contributed by atoms with E-state index in [4.69, 9.17) is 10.2 Å². The third-order valence-corrected chi connectivity index (χ3v) is 5.39. The van der Waals surface area contributed by atoms with Gasteiger partial charge in [0.25, 0.3) is 0 Å². The second-order valence-corrected chi connectivity index (χ2v) is 8.02. The maximum Gasteiger partial charge on any atom is 0.317 e. The van der Waals surface area contributed by atoms with Gasteiger partial charge in [0.1, 0.15) is 0 Å². The van der Waals surface area contributed by atoms with Crippen molar-refractivity contribution in [3.8, 4) is 0 Å². The number of quaternary nitrogens is 1. The Morgan fingerprint density at radius 1 is 0.607 bits per heavy atom. The summed E-state index contributed by atoms with van der Waals surface area (Å²) in [7, 11) is 0. The first-order chi connectivity index (χ1) is 13.3. The third-order valence-electron chi connectivity index (χ3n) is 5.39. The molecule has 5 heteroatoms. The van der Waals surface area contributed by atoms with Gasteiger partial charge in [-0.25, -0.2) is 0 Å². The van der Waals surface area contributed by atoms with E-state index in [0.29, 0.717) is 6.42 Å². The van der Waals surface area contributed by atoms with Crippen LogP contribution in [-0.4, -0.2) is 52.8 Å². The van der Waals surface area contributed by atoms with E-state index >= 15 is 0 Å². The summed E-state index contributed by atoms with van der Waals surface area (Å²) < 4.78 is 1.42. The van der Waals surface area contributed by atoms with Crippen molar-refractivity contribution in [2.75, 3.05) is 26.2 Å². The average molecular weight is 403 g/mol. The zero-order valence-electron chi connectivity index (χ0n) is 19.3. The number of aliphatic carboxylic acids is 2. The van der Waals surface area contributed by atoms with Gasteiger partial charge in [-0.2, -0.15) is 0 Å². The van der Waals surface area contributed by atoms with E-state index < -0.39 is 17.9 Å². The topological polar surface area (TPSA) is 74.6 Å². The molecule has 0 aromatic heterocycles. The molecule has 0 unspecified atom stereocenters. The average Bonchev–Trinajstić information content (AvgIpc) is 2.67. The Labute approximate surface area is 174 Å². The van der Waals surface area contributed by atoms with Crippen LogP contribution in [0.15, 0.2) is 0 Å². The van der Waals surface area contributed by atoms with Crippen LogP contribution in [0.1, 0.15) is 105 Å². The molecule has 0 radical (unpaired) electrons. The molecule has 168 valence electrons. The van der Waals surface area contributed by atoms with Crippen LogP contribution in [0.4, 0.5) is 0 Å². The highest BCUT2D eigenvalue weighted by atomic mass is 16.4. The van der Waals surface area contributed by atoms with E-state index in [1.165, 1.54) is 82.0 Å². The number of carboxylic acid groups (broad SMARTS) is 2. The summed E-state index contributed by atoms with van der Waals surface area (Å²) in [6.07, 6.45) is 12.7. The van der Waals surface area contributed by atoms with Crippen LogP contribution >= 0.6 is 0 Å². The predicted octanol–water partition coefficient (Wildman–Crippen LogP) is 5.97. The molecule has 0 fully saturated rings. The first-order valence-electron chi connectivity index (χ1n) is 11.6. The van der Waals surface area contributed by atoms with E-state index in [0.717, 1.165) is 6.42 Å². The minimum Gasteiger partial charge on any atom is -0.481 e. The van der Waals surface area contributed by atoms with Crippen LogP contribution in [0, 0.1) is 5.92 Å². The van der Waals surface area contributed by atoms with Crippen LogP contribution < -0.4 is 0 Å². The molecule has 0 aromatic carbocycles. The molecule has 0 amide bonds. The number of rotatable bonds is 17. The zero-order chi connectivity index (χ0) is 21.8. The van der Waals surface area contributed by atoms with Crippen molar-refractivity contribution in [3.63, 3.8) is 0 Å². The Morgan fingerprint density at radius 2 is 0.893 bits per heavy atom. The fourth-order valence-electron chi connectivity index (χ4n) is 3.41. The fraction of sp³-hybridized carbons (Fsp3) is 0.913. The largest absolute Gasteiger partial charge is 0.481 e. The van der Waals surface area contributed by atoms with Crippen molar-refractivity contribution < 1.29 is 24.3 Å². The molecule has 0 spiro atoms. The molecule has 0 saturated heterocycles. The summed E-state index contributed by atoms with van der Waals surface area (Å²) in [4.78, 5) is 20.5. The second-order valence-electron chi connectivity index (χ2n) is 8.02. The molecule has 0 atom stereocenters. The van der Waals surface area contributed by atoms with Gasteiger partial charge in [-0.1, -0.05) is 73.1 Å². The fourth-order valence-corrected chi connectivity index (χ4v) is 3.41. The third kappa shape index (κ3) is 14.9. The lowest BCUT2D eigenvalue weighted by Gasteiger charge is -2.39. The van der Waals surface area contributed by atoms with Gasteiger partial charge in [-0.05, 0) is 32.1 Å². The lowest BCUT2D eigenvalue weighted by Crippen LogP contribution is -2.50. The molecule has 0 saturated carbocycles. The van der Waals surface area contributed by atoms with Crippen molar-refractivity contribution in [2.45, 2.75) is 105 Å². The number of unbranched alkanes of at least 4 members (excludes halogenated alkanes) is 5. The summed E-state index contributed by atoms with van der Waals surface area (Å²) >= 11 is 0. The van der Waals surface area contributed by atoms with Crippen molar-refractivity contribution in [1.29, 1.82) is 0 Å². The Bertz CT molecular complexity index is 333. The Hall–Kier alpha value is -1.10. The molecule has 0 bridgehead atoms. The number of carbonyl (C=O) groups is 2. The highest BCUT2D eigenvalue weighted by Crippen LogP contribution is 2.16. The highest BCUT2D eigenvalue weighted by molar-refractivity contribution is 5.92. The Balaban J connectivity index is 0. The van der Waals surface area contributed by atoms with Crippen LogP contribution in [0.25, 0.3) is 0 Å². The molecule has 0 aromatic rings. The minimum absolute atomic E-state index is 0.223. The van der Waals surface area contributed by atoms with Gasteiger partial charge < -0.3 is 14.7 Å². The maximum atomic E-state index is 10.3. The van der Waals surface area contributed by atoms with E-state index in [1.54, 1.807) is 0 Å². The van der Waals surface area contributed by atoms with Crippen LogP contribution in [-0.2, 0) is 9.59 Å². The summed E-state index contributed by atoms with van der Waals surface area (Å²) in [6, 6.07) is 0. The number of hydrogen-bond donors (Lipinski definition) is 2. The molecule has 2 N–H and O–H groups in total. The molecule has 0 aliphatic rings. The van der Waals surface area contributed by atoms with Crippen LogP contribution in [0.3, 0.4) is 0 Å². The standard InChI is InChI=1S/C16H36N.C7H12O4/c1-5-9-13-17(14-10-6-2,15-11-7-3)16-12-8-4;1-2-3-4-5(6(8)9)7(10)11/h5-16H2,1-4H3;5H,2-4H2,1H3,(H,8,9)(H,10,11)/q+1;. The van der Waals surface area contributed by atoms with Gasteiger partial charge in [-0.3, -0.25) is 9.59 Å².